The smallest absolute Gasteiger partial charge is 0.124 e. The van der Waals surface area contributed by atoms with Crippen LogP contribution < -0.4 is 5.32 Å². The van der Waals surface area contributed by atoms with Crippen LogP contribution in [0, 0.1) is 5.82 Å². The van der Waals surface area contributed by atoms with E-state index in [2.05, 4.69) is 5.32 Å². The molecule has 1 aromatic rings. The summed E-state index contributed by atoms with van der Waals surface area (Å²) in [4.78, 5) is 0. The standard InChI is InChI=1S/C11H13ClFNO/c12-11-6-9(13)2-1-8(11)5-10-7-14-3-4-15-10/h1-2,6,10,14H,3-5,7H2/t10-/m1/s1. The molecule has 0 amide bonds. The Morgan fingerprint density at radius 1 is 1.53 bits per heavy atom. The van der Waals surface area contributed by atoms with Gasteiger partial charge in [0.2, 0.25) is 0 Å². The molecular weight excluding hydrogens is 217 g/mol. The molecule has 1 aliphatic rings. The number of ether oxygens (including phenoxy) is 1. The van der Waals surface area contributed by atoms with Gasteiger partial charge < -0.3 is 10.1 Å². The van der Waals surface area contributed by atoms with Crippen LogP contribution in [0.4, 0.5) is 4.39 Å². The average Bonchev–Trinajstić information content (AvgIpc) is 2.24. The van der Waals surface area contributed by atoms with Crippen LogP contribution in [0.2, 0.25) is 5.02 Å². The second-order valence-corrected chi connectivity index (χ2v) is 4.04. The van der Waals surface area contributed by atoms with E-state index in [1.807, 2.05) is 0 Å². The van der Waals surface area contributed by atoms with Gasteiger partial charge in [0.05, 0.1) is 12.7 Å². The van der Waals surface area contributed by atoms with Crippen molar-refractivity contribution in [2.24, 2.45) is 0 Å². The number of halogens is 2. The molecule has 4 heteroatoms. The van der Waals surface area contributed by atoms with Crippen molar-refractivity contribution in [3.8, 4) is 0 Å². The summed E-state index contributed by atoms with van der Waals surface area (Å²) in [5.41, 5.74) is 0.937. The SMILES string of the molecule is Fc1ccc(C[C@@H]2CNCCO2)c(Cl)c1. The third kappa shape index (κ3) is 2.91. The highest BCUT2D eigenvalue weighted by Gasteiger charge is 2.15. The van der Waals surface area contributed by atoms with E-state index >= 15 is 0 Å². The molecule has 1 atom stereocenters. The Bertz CT molecular complexity index is 339. The average molecular weight is 230 g/mol. The summed E-state index contributed by atoms with van der Waals surface area (Å²) in [5, 5.41) is 3.72. The van der Waals surface area contributed by atoms with E-state index < -0.39 is 0 Å². The molecule has 2 rings (SSSR count). The first-order valence-corrected chi connectivity index (χ1v) is 5.40. The van der Waals surface area contributed by atoms with Crippen LogP contribution in [0.1, 0.15) is 5.56 Å². The lowest BCUT2D eigenvalue weighted by Gasteiger charge is -2.23. The zero-order valence-electron chi connectivity index (χ0n) is 8.30. The van der Waals surface area contributed by atoms with Gasteiger partial charge in [-0.1, -0.05) is 17.7 Å². The second-order valence-electron chi connectivity index (χ2n) is 3.64. The van der Waals surface area contributed by atoms with E-state index in [-0.39, 0.29) is 11.9 Å². The molecule has 15 heavy (non-hydrogen) atoms. The number of hydrogen-bond donors (Lipinski definition) is 1. The maximum atomic E-state index is 12.8. The van der Waals surface area contributed by atoms with Crippen molar-refractivity contribution in [1.82, 2.24) is 5.32 Å². The van der Waals surface area contributed by atoms with Crippen molar-refractivity contribution >= 4 is 11.6 Å². The lowest BCUT2D eigenvalue weighted by Crippen LogP contribution is -2.39. The summed E-state index contributed by atoms with van der Waals surface area (Å²) in [6.07, 6.45) is 0.869. The molecule has 1 heterocycles. The molecule has 0 aliphatic carbocycles. The Labute approximate surface area is 93.4 Å². The van der Waals surface area contributed by atoms with Gasteiger partial charge >= 0.3 is 0 Å². The van der Waals surface area contributed by atoms with Crippen LogP contribution >= 0.6 is 11.6 Å². The first-order valence-electron chi connectivity index (χ1n) is 5.02. The van der Waals surface area contributed by atoms with E-state index in [1.165, 1.54) is 12.1 Å². The third-order valence-corrected chi connectivity index (χ3v) is 2.82. The maximum Gasteiger partial charge on any atom is 0.124 e. The quantitative estimate of drug-likeness (QED) is 0.838. The fourth-order valence-corrected chi connectivity index (χ4v) is 1.93. The zero-order chi connectivity index (χ0) is 10.7. The topological polar surface area (TPSA) is 21.3 Å². The molecule has 0 unspecified atom stereocenters. The minimum atomic E-state index is -0.300. The summed E-state index contributed by atoms with van der Waals surface area (Å²) in [6, 6.07) is 4.49. The highest BCUT2D eigenvalue weighted by atomic mass is 35.5. The monoisotopic (exact) mass is 229 g/mol. The second kappa shape index (κ2) is 4.92. The van der Waals surface area contributed by atoms with Crippen LogP contribution in [-0.2, 0) is 11.2 Å². The molecule has 0 saturated carbocycles. The van der Waals surface area contributed by atoms with E-state index in [0.717, 1.165) is 31.7 Å². The van der Waals surface area contributed by atoms with Crippen molar-refractivity contribution in [3.63, 3.8) is 0 Å². The van der Waals surface area contributed by atoms with Gasteiger partial charge in [-0.15, -0.1) is 0 Å². The first-order chi connectivity index (χ1) is 7.25. The maximum absolute atomic E-state index is 12.8. The van der Waals surface area contributed by atoms with Gasteiger partial charge in [0.25, 0.3) is 0 Å². The minimum absolute atomic E-state index is 0.140. The molecule has 0 bridgehead atoms. The number of nitrogens with one attached hydrogen (secondary N) is 1. The minimum Gasteiger partial charge on any atom is -0.375 e. The van der Waals surface area contributed by atoms with Gasteiger partial charge in [0, 0.05) is 24.5 Å². The first kappa shape index (κ1) is 10.9. The fraction of sp³-hybridized carbons (Fsp3) is 0.455. The summed E-state index contributed by atoms with van der Waals surface area (Å²) in [6.45, 7) is 2.45. The predicted octanol–water partition coefficient (Wildman–Crippen LogP) is 2.01. The number of rotatable bonds is 2. The highest BCUT2D eigenvalue weighted by Crippen LogP contribution is 2.19. The molecule has 1 N–H and O–H groups in total. The third-order valence-electron chi connectivity index (χ3n) is 2.47. The van der Waals surface area contributed by atoms with E-state index in [9.17, 15) is 4.39 Å². The number of hydrogen-bond acceptors (Lipinski definition) is 2. The van der Waals surface area contributed by atoms with Gasteiger partial charge in [-0.05, 0) is 17.7 Å². The Balaban J connectivity index is 2.03. The molecular formula is C11H13ClFNO. The Morgan fingerprint density at radius 2 is 2.40 bits per heavy atom. The van der Waals surface area contributed by atoms with Crippen LogP contribution in [0.25, 0.3) is 0 Å². The van der Waals surface area contributed by atoms with Gasteiger partial charge in [-0.2, -0.15) is 0 Å². The number of benzene rings is 1. The molecule has 2 nitrogen and oxygen atoms in total. The Kier molecular flexibility index (Phi) is 3.57. The van der Waals surface area contributed by atoms with Gasteiger partial charge in [0.15, 0.2) is 0 Å². The van der Waals surface area contributed by atoms with Crippen molar-refractivity contribution < 1.29 is 9.13 Å². The summed E-state index contributed by atoms with van der Waals surface area (Å²) in [5.74, 6) is -0.300. The summed E-state index contributed by atoms with van der Waals surface area (Å²) < 4.78 is 18.4. The largest absolute Gasteiger partial charge is 0.375 e. The molecule has 1 fully saturated rings. The molecule has 0 spiro atoms. The molecule has 0 aromatic heterocycles. The van der Waals surface area contributed by atoms with Crippen LogP contribution in [0.15, 0.2) is 18.2 Å². The van der Waals surface area contributed by atoms with E-state index in [0.29, 0.717) is 5.02 Å². The Morgan fingerprint density at radius 3 is 3.07 bits per heavy atom. The van der Waals surface area contributed by atoms with Crippen molar-refractivity contribution in [2.75, 3.05) is 19.7 Å². The van der Waals surface area contributed by atoms with Crippen molar-refractivity contribution in [1.29, 1.82) is 0 Å². The van der Waals surface area contributed by atoms with Gasteiger partial charge in [-0.3, -0.25) is 0 Å². The van der Waals surface area contributed by atoms with Gasteiger partial charge in [-0.25, -0.2) is 4.39 Å². The molecule has 1 aliphatic heterocycles. The Hall–Kier alpha value is -0.640. The van der Waals surface area contributed by atoms with Gasteiger partial charge in [0.1, 0.15) is 5.82 Å². The normalized spacial score (nSPS) is 21.6. The summed E-state index contributed by atoms with van der Waals surface area (Å²) in [7, 11) is 0. The predicted molar refractivity (Wildman–Crippen MR) is 57.7 cm³/mol. The summed E-state index contributed by atoms with van der Waals surface area (Å²) >= 11 is 5.93. The van der Waals surface area contributed by atoms with E-state index in [1.54, 1.807) is 6.07 Å². The highest BCUT2D eigenvalue weighted by molar-refractivity contribution is 6.31. The van der Waals surface area contributed by atoms with Crippen LogP contribution in [0.5, 0.6) is 0 Å². The molecule has 1 saturated heterocycles. The fourth-order valence-electron chi connectivity index (χ4n) is 1.68. The van der Waals surface area contributed by atoms with Crippen LogP contribution in [-0.4, -0.2) is 25.8 Å². The van der Waals surface area contributed by atoms with Crippen molar-refractivity contribution in [3.05, 3.63) is 34.6 Å². The zero-order valence-corrected chi connectivity index (χ0v) is 9.06. The van der Waals surface area contributed by atoms with E-state index in [4.69, 9.17) is 16.3 Å². The van der Waals surface area contributed by atoms with Crippen LogP contribution in [0.3, 0.4) is 0 Å². The lowest BCUT2D eigenvalue weighted by atomic mass is 10.1. The lowest BCUT2D eigenvalue weighted by molar-refractivity contribution is 0.0292. The van der Waals surface area contributed by atoms with Crippen molar-refractivity contribution in [2.45, 2.75) is 12.5 Å². The number of morpholine rings is 1. The molecule has 0 radical (unpaired) electrons. The molecule has 82 valence electrons. The molecule has 1 aromatic carbocycles.